The molecule has 0 bridgehead atoms. The summed E-state index contributed by atoms with van der Waals surface area (Å²) in [5.74, 6) is 0. The van der Waals surface area contributed by atoms with Gasteiger partial charge in [-0.05, 0) is 157 Å². The van der Waals surface area contributed by atoms with Gasteiger partial charge in [0.1, 0.15) is 0 Å². The van der Waals surface area contributed by atoms with Crippen molar-refractivity contribution in [1.29, 1.82) is 0 Å². The standard InChI is InChI=1S/C64H44N2/c1-64(2)58-31-28-42(41-24-25-44-32-45-26-29-48(39-56(45)55(44)36-41)65-60-20-10-6-16-51(60)52-17-7-11-21-61(52)65)37-57(58)50-30-27-43(38-59(50)64)47-33-46(40-14-4-3-5-15-40)34-49(35-47)66-62-22-12-8-18-53(62)54-19-9-13-23-63(54)66/h3-31,33-39H,32H2,1-2H3. The number of fused-ring (bicyclic) bond motifs is 12. The lowest BCUT2D eigenvalue weighted by Crippen LogP contribution is -2.15. The van der Waals surface area contributed by atoms with Gasteiger partial charge < -0.3 is 9.13 Å². The molecule has 2 aliphatic rings. The summed E-state index contributed by atoms with van der Waals surface area (Å²) < 4.78 is 4.88. The molecule has 0 saturated heterocycles. The highest BCUT2D eigenvalue weighted by Gasteiger charge is 2.36. The SMILES string of the molecule is CC1(C)c2ccc(-c3ccc4c(c3)-c3cc(-n5c6ccccc6c6ccccc65)ccc3C4)cc2-c2ccc(-c3cc(-c4ccccc4)cc(-n4c5ccccc5c5ccccc54)c3)cc21. The number of benzene rings is 10. The first kappa shape index (κ1) is 37.2. The van der Waals surface area contributed by atoms with Crippen molar-refractivity contribution < 1.29 is 0 Å². The molecule has 310 valence electrons. The quantitative estimate of drug-likeness (QED) is 0.163. The van der Waals surface area contributed by atoms with E-state index in [-0.39, 0.29) is 5.41 Å². The molecule has 2 heterocycles. The van der Waals surface area contributed by atoms with Crippen molar-refractivity contribution in [3.63, 3.8) is 0 Å². The highest BCUT2D eigenvalue weighted by molar-refractivity contribution is 6.10. The maximum atomic E-state index is 2.47. The topological polar surface area (TPSA) is 9.86 Å². The van der Waals surface area contributed by atoms with Gasteiger partial charge in [0.2, 0.25) is 0 Å². The minimum Gasteiger partial charge on any atom is -0.309 e. The maximum absolute atomic E-state index is 2.47. The molecule has 2 aliphatic carbocycles. The van der Waals surface area contributed by atoms with Crippen LogP contribution < -0.4 is 0 Å². The van der Waals surface area contributed by atoms with E-state index >= 15 is 0 Å². The molecule has 2 aromatic heterocycles. The molecule has 0 spiro atoms. The summed E-state index contributed by atoms with van der Waals surface area (Å²) in [7, 11) is 0. The Morgan fingerprint density at radius 3 is 1.39 bits per heavy atom. The predicted octanol–water partition coefficient (Wildman–Crippen LogP) is 16.8. The molecule has 0 unspecified atom stereocenters. The number of nitrogens with zero attached hydrogens (tertiary/aromatic N) is 2. The third-order valence-corrected chi connectivity index (χ3v) is 14.9. The van der Waals surface area contributed by atoms with Crippen LogP contribution in [-0.2, 0) is 11.8 Å². The second kappa shape index (κ2) is 13.9. The molecule has 2 heteroatoms. The van der Waals surface area contributed by atoms with Crippen LogP contribution in [-0.4, -0.2) is 9.13 Å². The molecule has 0 aliphatic heterocycles. The first-order valence-electron chi connectivity index (χ1n) is 23.2. The molecule has 12 aromatic rings. The van der Waals surface area contributed by atoms with Crippen LogP contribution in [0.25, 0.3) is 111 Å². The van der Waals surface area contributed by atoms with E-state index in [1.807, 2.05) is 0 Å². The highest BCUT2D eigenvalue weighted by Crippen LogP contribution is 2.51. The molecule has 0 N–H and O–H groups in total. The fraction of sp³-hybridized carbons (Fsp3) is 0.0625. The van der Waals surface area contributed by atoms with Crippen LogP contribution in [0.4, 0.5) is 0 Å². The Morgan fingerprint density at radius 2 is 0.773 bits per heavy atom. The van der Waals surface area contributed by atoms with Crippen molar-refractivity contribution in [2.24, 2.45) is 0 Å². The Labute approximate surface area is 384 Å². The second-order valence-electron chi connectivity index (χ2n) is 18.9. The van der Waals surface area contributed by atoms with Crippen LogP contribution in [0.15, 0.2) is 218 Å². The number of hydrogen-bond acceptors (Lipinski definition) is 0. The first-order chi connectivity index (χ1) is 32.5. The molecule has 0 saturated carbocycles. The normalized spacial score (nSPS) is 13.4. The fourth-order valence-electron chi connectivity index (χ4n) is 11.7. The Morgan fingerprint density at radius 1 is 0.303 bits per heavy atom. The van der Waals surface area contributed by atoms with Crippen molar-refractivity contribution in [3.05, 3.63) is 241 Å². The van der Waals surface area contributed by atoms with E-state index in [0.717, 1.165) is 12.1 Å². The van der Waals surface area contributed by atoms with Crippen molar-refractivity contribution in [2.75, 3.05) is 0 Å². The Hall–Kier alpha value is -8.20. The summed E-state index contributed by atoms with van der Waals surface area (Å²) in [5.41, 5.74) is 25.4. The van der Waals surface area contributed by atoms with Gasteiger partial charge >= 0.3 is 0 Å². The van der Waals surface area contributed by atoms with Crippen LogP contribution in [0.5, 0.6) is 0 Å². The summed E-state index contributed by atoms with van der Waals surface area (Å²) in [6, 6.07) is 81.7. The lowest BCUT2D eigenvalue weighted by Gasteiger charge is -2.22. The third-order valence-electron chi connectivity index (χ3n) is 14.9. The van der Waals surface area contributed by atoms with E-state index in [1.54, 1.807) is 0 Å². The molecule has 10 aromatic carbocycles. The molecule has 66 heavy (non-hydrogen) atoms. The Bertz CT molecular complexity index is 3880. The second-order valence-corrected chi connectivity index (χ2v) is 18.9. The monoisotopic (exact) mass is 840 g/mol. The van der Waals surface area contributed by atoms with Crippen molar-refractivity contribution >= 4 is 43.6 Å². The van der Waals surface area contributed by atoms with E-state index in [4.69, 9.17) is 0 Å². The van der Waals surface area contributed by atoms with Crippen LogP contribution in [0.3, 0.4) is 0 Å². The van der Waals surface area contributed by atoms with Crippen LogP contribution in [0, 0.1) is 0 Å². The lowest BCUT2D eigenvalue weighted by atomic mass is 9.81. The van der Waals surface area contributed by atoms with Crippen LogP contribution in [0.1, 0.15) is 36.1 Å². The third kappa shape index (κ3) is 5.42. The predicted molar refractivity (Wildman–Crippen MR) is 277 cm³/mol. The fourth-order valence-corrected chi connectivity index (χ4v) is 11.7. The average Bonchev–Trinajstić information content (AvgIpc) is 4.08. The Balaban J connectivity index is 0.860. The smallest absolute Gasteiger partial charge is 0.0541 e. The number of aromatic nitrogens is 2. The first-order valence-corrected chi connectivity index (χ1v) is 23.2. The van der Waals surface area contributed by atoms with E-state index in [1.165, 1.54) is 127 Å². The molecule has 0 atom stereocenters. The lowest BCUT2D eigenvalue weighted by molar-refractivity contribution is 0.660. The largest absolute Gasteiger partial charge is 0.309 e. The van der Waals surface area contributed by atoms with Crippen molar-refractivity contribution in [3.8, 4) is 67.0 Å². The zero-order valence-corrected chi connectivity index (χ0v) is 36.9. The highest BCUT2D eigenvalue weighted by atomic mass is 15.0. The van der Waals surface area contributed by atoms with Gasteiger partial charge in [0.15, 0.2) is 0 Å². The number of hydrogen-bond donors (Lipinski definition) is 0. The summed E-state index contributed by atoms with van der Waals surface area (Å²) >= 11 is 0. The van der Waals surface area contributed by atoms with Gasteiger partial charge in [-0.25, -0.2) is 0 Å². The van der Waals surface area contributed by atoms with Crippen LogP contribution in [0.2, 0.25) is 0 Å². The van der Waals surface area contributed by atoms with Crippen LogP contribution >= 0.6 is 0 Å². The van der Waals surface area contributed by atoms with E-state index < -0.39 is 0 Å². The van der Waals surface area contributed by atoms with Gasteiger partial charge in [-0.15, -0.1) is 0 Å². The molecule has 0 amide bonds. The molecule has 14 rings (SSSR count). The Kier molecular flexibility index (Phi) is 7.83. The molecule has 0 radical (unpaired) electrons. The molecular formula is C64H44N2. The summed E-state index contributed by atoms with van der Waals surface area (Å²) in [4.78, 5) is 0. The molecule has 2 nitrogen and oxygen atoms in total. The summed E-state index contributed by atoms with van der Waals surface area (Å²) in [6.07, 6.45) is 0.959. The zero-order chi connectivity index (χ0) is 43.7. The average molecular weight is 841 g/mol. The molecular weight excluding hydrogens is 797 g/mol. The maximum Gasteiger partial charge on any atom is 0.0541 e. The number of para-hydroxylation sites is 4. The minimum absolute atomic E-state index is 0.161. The van der Waals surface area contributed by atoms with Gasteiger partial charge in [0.25, 0.3) is 0 Å². The van der Waals surface area contributed by atoms with E-state index in [2.05, 4.69) is 241 Å². The van der Waals surface area contributed by atoms with Gasteiger partial charge in [-0.2, -0.15) is 0 Å². The van der Waals surface area contributed by atoms with Crippen molar-refractivity contribution in [1.82, 2.24) is 9.13 Å². The minimum atomic E-state index is -0.161. The zero-order valence-electron chi connectivity index (χ0n) is 36.9. The number of rotatable bonds is 5. The van der Waals surface area contributed by atoms with E-state index in [0.29, 0.717) is 0 Å². The molecule has 0 fully saturated rings. The van der Waals surface area contributed by atoms with Gasteiger partial charge in [0, 0.05) is 38.3 Å². The summed E-state index contributed by atoms with van der Waals surface area (Å²) in [5, 5.41) is 5.11. The van der Waals surface area contributed by atoms with E-state index in [9.17, 15) is 0 Å². The van der Waals surface area contributed by atoms with Gasteiger partial charge in [-0.3, -0.25) is 0 Å². The van der Waals surface area contributed by atoms with Crippen molar-refractivity contribution in [2.45, 2.75) is 25.7 Å². The van der Waals surface area contributed by atoms with Gasteiger partial charge in [-0.1, -0.05) is 159 Å². The van der Waals surface area contributed by atoms with Gasteiger partial charge in [0.05, 0.1) is 22.1 Å². The summed E-state index contributed by atoms with van der Waals surface area (Å²) in [6.45, 7) is 4.79.